The molecule has 1 aromatic carbocycles. The Morgan fingerprint density at radius 3 is 2.96 bits per heavy atom. The van der Waals surface area contributed by atoms with E-state index in [4.69, 9.17) is 19.5 Å². The lowest BCUT2D eigenvalue weighted by atomic mass is 10.0. The number of hydrogen-bond acceptors (Lipinski definition) is 7. The average Bonchev–Trinajstić information content (AvgIpc) is 3.26. The first-order chi connectivity index (χ1) is 13.0. The largest absolute Gasteiger partial charge is 0.750 e. The van der Waals surface area contributed by atoms with Crippen molar-refractivity contribution in [2.24, 2.45) is 0 Å². The zero-order valence-electron chi connectivity index (χ0n) is 14.8. The molecule has 3 atom stereocenters. The van der Waals surface area contributed by atoms with Gasteiger partial charge in [-0.2, -0.15) is 5.10 Å². The van der Waals surface area contributed by atoms with E-state index in [1.165, 1.54) is 6.33 Å². The Morgan fingerprint density at radius 1 is 1.33 bits per heavy atom. The van der Waals surface area contributed by atoms with Crippen molar-refractivity contribution in [3.63, 3.8) is 0 Å². The molecule has 4 rings (SSSR count). The summed E-state index contributed by atoms with van der Waals surface area (Å²) in [5.41, 5.74) is 6.99. The van der Waals surface area contributed by atoms with Crippen molar-refractivity contribution in [2.45, 2.75) is 31.5 Å². The smallest absolute Gasteiger partial charge is 0.382 e. The molecule has 8 nitrogen and oxygen atoms in total. The number of benzene rings is 1. The fraction of sp³-hybridized carbons (Fsp3) is 0.333. The second-order valence-corrected chi connectivity index (χ2v) is 7.58. The molecule has 3 heterocycles. The van der Waals surface area contributed by atoms with E-state index in [1.54, 1.807) is 16.6 Å². The molecule has 3 unspecified atom stereocenters. The van der Waals surface area contributed by atoms with Crippen LogP contribution in [-0.2, 0) is 13.8 Å². The first-order valence-electron chi connectivity index (χ1n) is 8.63. The summed E-state index contributed by atoms with van der Waals surface area (Å²) in [5, 5.41) is 4.26. The second-order valence-electron chi connectivity index (χ2n) is 6.70. The maximum absolute atomic E-state index is 12.0. The number of para-hydroxylation sites is 1. The highest BCUT2D eigenvalue weighted by Crippen LogP contribution is 2.41. The van der Waals surface area contributed by atoms with Gasteiger partial charge in [0.2, 0.25) is 0 Å². The van der Waals surface area contributed by atoms with Gasteiger partial charge >= 0.3 is 8.25 Å². The van der Waals surface area contributed by atoms with E-state index in [2.05, 4.69) is 10.1 Å². The van der Waals surface area contributed by atoms with Gasteiger partial charge in [-0.15, -0.1) is 4.52 Å². The number of nitrogens with zero attached hydrogens (tertiary/aromatic N) is 3. The number of nitrogen functional groups attached to an aromatic ring is 1. The normalized spacial score (nSPS) is 22.9. The molecule has 1 saturated heterocycles. The van der Waals surface area contributed by atoms with Crippen LogP contribution in [0.4, 0.5) is 5.82 Å². The molecule has 0 amide bonds. The van der Waals surface area contributed by atoms with E-state index < -0.39 is 13.9 Å². The van der Waals surface area contributed by atoms with Gasteiger partial charge in [0.25, 0.3) is 0 Å². The number of rotatable bonds is 6. The Kier molecular flexibility index (Phi) is 4.78. The summed E-state index contributed by atoms with van der Waals surface area (Å²) < 4.78 is 30.7. The fourth-order valence-corrected chi connectivity index (χ4v) is 3.94. The minimum atomic E-state index is -2.27. The molecule has 9 heteroatoms. The molecular formula is C18H20N4O4P+. The van der Waals surface area contributed by atoms with Crippen molar-refractivity contribution in [1.29, 1.82) is 0 Å². The molecule has 0 saturated carbocycles. The highest BCUT2D eigenvalue weighted by atomic mass is 31.1. The van der Waals surface area contributed by atoms with Gasteiger partial charge in [-0.25, -0.2) is 14.0 Å². The Balaban J connectivity index is 1.39. The molecule has 140 valence electrons. The lowest BCUT2D eigenvalue weighted by molar-refractivity contribution is -0.0576. The van der Waals surface area contributed by atoms with Crippen molar-refractivity contribution in [2.75, 3.05) is 12.3 Å². The van der Waals surface area contributed by atoms with Gasteiger partial charge in [0.05, 0.1) is 11.3 Å². The molecule has 3 aromatic rings. The van der Waals surface area contributed by atoms with Gasteiger partial charge < -0.3 is 10.5 Å². The summed E-state index contributed by atoms with van der Waals surface area (Å²) in [6.45, 7) is 2.11. The second kappa shape index (κ2) is 7.23. The third-order valence-corrected chi connectivity index (χ3v) is 5.30. The van der Waals surface area contributed by atoms with E-state index in [0.717, 1.165) is 24.1 Å². The van der Waals surface area contributed by atoms with Crippen molar-refractivity contribution in [3.8, 4) is 5.75 Å². The number of fused-ring (bicyclic) bond motifs is 1. The quantitative estimate of drug-likeness (QED) is 0.644. The van der Waals surface area contributed by atoms with Gasteiger partial charge in [0.15, 0.2) is 11.6 Å². The fourth-order valence-electron chi connectivity index (χ4n) is 3.21. The molecule has 2 N–H and O–H groups in total. The zero-order chi connectivity index (χ0) is 18.9. The van der Waals surface area contributed by atoms with Gasteiger partial charge in [0, 0.05) is 4.57 Å². The van der Waals surface area contributed by atoms with Crippen molar-refractivity contribution >= 4 is 19.6 Å². The molecule has 0 spiro atoms. The Hall–Kier alpha value is -2.54. The summed E-state index contributed by atoms with van der Waals surface area (Å²) in [7, 11) is -2.27. The van der Waals surface area contributed by atoms with E-state index in [0.29, 0.717) is 11.6 Å². The van der Waals surface area contributed by atoms with Crippen molar-refractivity contribution in [3.05, 3.63) is 54.5 Å². The molecule has 1 aliphatic heterocycles. The van der Waals surface area contributed by atoms with Gasteiger partial charge in [-0.1, -0.05) is 18.2 Å². The van der Waals surface area contributed by atoms with E-state index in [1.807, 2.05) is 37.3 Å². The summed E-state index contributed by atoms with van der Waals surface area (Å²) >= 11 is 0. The maximum atomic E-state index is 12.0. The van der Waals surface area contributed by atoms with Crippen LogP contribution in [0.3, 0.4) is 0 Å². The number of hydrogen-bond donors (Lipinski definition) is 1. The van der Waals surface area contributed by atoms with E-state index in [-0.39, 0.29) is 12.7 Å². The monoisotopic (exact) mass is 387 g/mol. The zero-order valence-corrected chi connectivity index (χ0v) is 15.7. The van der Waals surface area contributed by atoms with Gasteiger partial charge in [-0.3, -0.25) is 0 Å². The molecule has 1 fully saturated rings. The number of aromatic nitrogens is 3. The molecule has 0 bridgehead atoms. The van der Waals surface area contributed by atoms with Crippen LogP contribution in [-0.4, -0.2) is 26.8 Å². The van der Waals surface area contributed by atoms with Crippen LogP contribution in [0.1, 0.15) is 31.6 Å². The molecule has 1 aliphatic rings. The minimum absolute atomic E-state index is 0.150. The predicted octanol–water partition coefficient (Wildman–Crippen LogP) is 3.67. The van der Waals surface area contributed by atoms with Crippen molar-refractivity contribution in [1.82, 2.24) is 14.6 Å². The third-order valence-electron chi connectivity index (χ3n) is 4.60. The van der Waals surface area contributed by atoms with Gasteiger partial charge in [0.1, 0.15) is 24.6 Å². The molecule has 27 heavy (non-hydrogen) atoms. The predicted molar refractivity (Wildman–Crippen MR) is 99.5 cm³/mol. The van der Waals surface area contributed by atoms with E-state index >= 15 is 0 Å². The SMILES string of the molecule is CC1(CO[P+](=O)Oc2ccccc2)CCC(c2ccc3c(N)ncnn23)O1. The van der Waals surface area contributed by atoms with Gasteiger partial charge in [-0.05, 0) is 44.0 Å². The minimum Gasteiger partial charge on any atom is -0.382 e. The average molecular weight is 387 g/mol. The lowest BCUT2D eigenvalue weighted by Crippen LogP contribution is -2.29. The van der Waals surface area contributed by atoms with Crippen LogP contribution in [0.15, 0.2) is 48.8 Å². The van der Waals surface area contributed by atoms with Crippen LogP contribution in [0.2, 0.25) is 0 Å². The standard InChI is InChI=1S/C18H20N4O4P/c1-18(11-24-27(23)26-13-5-3-2-4-6-13)10-9-16(25-18)14-7-8-15-17(19)20-12-21-22(14)15/h2-8,12,16H,9-11H2,1H3,(H2,19,20,21)/q+1. The lowest BCUT2D eigenvalue weighted by Gasteiger charge is -2.21. The summed E-state index contributed by atoms with van der Waals surface area (Å²) in [6, 6.07) is 12.8. The molecule has 0 aliphatic carbocycles. The highest BCUT2D eigenvalue weighted by Gasteiger charge is 2.41. The highest BCUT2D eigenvalue weighted by molar-refractivity contribution is 7.33. The third kappa shape index (κ3) is 3.78. The number of nitrogens with two attached hydrogens (primary N) is 1. The van der Waals surface area contributed by atoms with E-state index in [9.17, 15) is 4.57 Å². The number of anilines is 1. The molecular weight excluding hydrogens is 367 g/mol. The van der Waals surface area contributed by atoms with Crippen LogP contribution >= 0.6 is 8.25 Å². The first kappa shape index (κ1) is 17.9. The first-order valence-corrected chi connectivity index (χ1v) is 9.73. The van der Waals surface area contributed by atoms with Crippen LogP contribution in [0.5, 0.6) is 5.75 Å². The molecule has 2 aromatic heterocycles. The van der Waals surface area contributed by atoms with Crippen LogP contribution in [0, 0.1) is 0 Å². The summed E-state index contributed by atoms with van der Waals surface area (Å²) in [4.78, 5) is 4.00. The van der Waals surface area contributed by atoms with Crippen LogP contribution in [0.25, 0.3) is 5.52 Å². The molecule has 0 radical (unpaired) electrons. The Labute approximate surface area is 157 Å². The Morgan fingerprint density at radius 2 is 2.15 bits per heavy atom. The maximum Gasteiger partial charge on any atom is 0.750 e. The van der Waals surface area contributed by atoms with Crippen LogP contribution < -0.4 is 10.3 Å². The van der Waals surface area contributed by atoms with Crippen molar-refractivity contribution < 1.29 is 18.3 Å². The number of ether oxygens (including phenoxy) is 1. The Bertz CT molecular complexity index is 964. The topological polar surface area (TPSA) is 101 Å². The summed E-state index contributed by atoms with van der Waals surface area (Å²) in [6.07, 6.45) is 2.84. The summed E-state index contributed by atoms with van der Waals surface area (Å²) in [5.74, 6) is 0.932.